The molecule has 1 aromatic carbocycles. The highest BCUT2D eigenvalue weighted by molar-refractivity contribution is 5.84. The van der Waals surface area contributed by atoms with E-state index in [0.29, 0.717) is 23.3 Å². The predicted molar refractivity (Wildman–Crippen MR) is 88.0 cm³/mol. The number of ether oxygens (including phenoxy) is 2. The molecule has 0 fully saturated rings. The lowest BCUT2D eigenvalue weighted by atomic mass is 10.0. The van der Waals surface area contributed by atoms with Crippen LogP contribution in [-0.4, -0.2) is 19.0 Å². The van der Waals surface area contributed by atoms with Gasteiger partial charge in [0.2, 0.25) is 0 Å². The molecule has 2 aromatic rings. The number of hydrogen-bond donors (Lipinski definition) is 0. The molecule has 0 saturated carbocycles. The Labute approximate surface area is 139 Å². The van der Waals surface area contributed by atoms with Crippen LogP contribution in [0.3, 0.4) is 0 Å². The Hall–Kier alpha value is -2.63. The zero-order valence-corrected chi connectivity index (χ0v) is 14.2. The molecule has 24 heavy (non-hydrogen) atoms. The maximum Gasteiger partial charge on any atom is 0.336 e. The van der Waals surface area contributed by atoms with E-state index in [1.54, 1.807) is 26.8 Å². The molecule has 0 bridgehead atoms. The molecule has 0 atom stereocenters. The van der Waals surface area contributed by atoms with E-state index in [-0.39, 0.29) is 18.3 Å². The van der Waals surface area contributed by atoms with Crippen LogP contribution in [0.15, 0.2) is 27.4 Å². The molecule has 2 rings (SSSR count). The Balaban J connectivity index is 2.51. The van der Waals surface area contributed by atoms with Gasteiger partial charge >= 0.3 is 17.6 Å². The van der Waals surface area contributed by atoms with Gasteiger partial charge in [-0.25, -0.2) is 4.79 Å². The fraction of sp³-hybridized carbons (Fsp3) is 0.389. The van der Waals surface area contributed by atoms with Gasteiger partial charge in [0, 0.05) is 23.9 Å². The van der Waals surface area contributed by atoms with Crippen molar-refractivity contribution in [3.8, 4) is 5.75 Å². The van der Waals surface area contributed by atoms with E-state index in [1.165, 1.54) is 19.2 Å². The molecule has 0 aliphatic rings. The van der Waals surface area contributed by atoms with Gasteiger partial charge in [0.1, 0.15) is 11.3 Å². The number of carbonyl (C=O) groups is 2. The number of rotatable bonds is 5. The smallest absolute Gasteiger partial charge is 0.336 e. The highest BCUT2D eigenvalue weighted by atomic mass is 16.5. The van der Waals surface area contributed by atoms with Crippen LogP contribution in [0, 0.1) is 12.8 Å². The molecule has 0 saturated heterocycles. The van der Waals surface area contributed by atoms with Crippen molar-refractivity contribution >= 4 is 22.9 Å². The van der Waals surface area contributed by atoms with Crippen LogP contribution in [0.4, 0.5) is 0 Å². The van der Waals surface area contributed by atoms with E-state index in [4.69, 9.17) is 9.15 Å². The minimum Gasteiger partial charge on any atom is -0.469 e. The number of carbonyl (C=O) groups excluding carboxylic acids is 2. The zero-order chi connectivity index (χ0) is 17.9. The highest BCUT2D eigenvalue weighted by Gasteiger charge is 2.16. The summed E-state index contributed by atoms with van der Waals surface area (Å²) in [5, 5.41) is 0.735. The van der Waals surface area contributed by atoms with Gasteiger partial charge in [-0.1, -0.05) is 13.8 Å². The molecule has 6 heteroatoms. The summed E-state index contributed by atoms with van der Waals surface area (Å²) in [5.74, 6) is -0.770. The van der Waals surface area contributed by atoms with Gasteiger partial charge in [0.25, 0.3) is 0 Å². The van der Waals surface area contributed by atoms with Gasteiger partial charge in [-0.05, 0) is 30.5 Å². The van der Waals surface area contributed by atoms with E-state index in [2.05, 4.69) is 4.74 Å². The van der Waals surface area contributed by atoms with Crippen molar-refractivity contribution in [2.24, 2.45) is 5.92 Å². The Morgan fingerprint density at radius 1 is 1.21 bits per heavy atom. The van der Waals surface area contributed by atoms with Gasteiger partial charge in [-0.15, -0.1) is 0 Å². The molecule has 0 amide bonds. The first-order valence-electron chi connectivity index (χ1n) is 7.67. The van der Waals surface area contributed by atoms with Crippen LogP contribution in [0.2, 0.25) is 0 Å². The molecule has 0 aliphatic heterocycles. The first kappa shape index (κ1) is 17.7. The van der Waals surface area contributed by atoms with E-state index >= 15 is 0 Å². The normalized spacial score (nSPS) is 10.9. The maximum absolute atomic E-state index is 11.9. The summed E-state index contributed by atoms with van der Waals surface area (Å²) < 4.78 is 15.2. The van der Waals surface area contributed by atoms with Gasteiger partial charge in [-0.2, -0.15) is 0 Å². The third-order valence-corrected chi connectivity index (χ3v) is 3.64. The molecule has 0 spiro atoms. The van der Waals surface area contributed by atoms with Crippen LogP contribution in [0.5, 0.6) is 5.75 Å². The standard InChI is InChI=1S/C18H20O6/c1-10(2)18(21)24-14-9-15-13(11(3)7-17(20)23-15)8-12(14)5-6-16(19)22-4/h7-10H,5-6H2,1-4H3. The summed E-state index contributed by atoms with van der Waals surface area (Å²) in [6.45, 7) is 5.24. The molecule has 0 aliphatic carbocycles. The minimum absolute atomic E-state index is 0.157. The fourth-order valence-electron chi connectivity index (χ4n) is 2.25. The lowest BCUT2D eigenvalue weighted by Crippen LogP contribution is -2.16. The number of fused-ring (bicyclic) bond motifs is 1. The van der Waals surface area contributed by atoms with Crippen LogP contribution in [-0.2, 0) is 20.7 Å². The molecular weight excluding hydrogens is 312 g/mol. The summed E-state index contributed by atoms with van der Waals surface area (Å²) in [6.07, 6.45) is 0.506. The molecule has 0 N–H and O–H groups in total. The van der Waals surface area contributed by atoms with Crippen molar-refractivity contribution in [1.29, 1.82) is 0 Å². The van der Waals surface area contributed by atoms with Crippen molar-refractivity contribution in [1.82, 2.24) is 0 Å². The Kier molecular flexibility index (Phi) is 5.39. The number of methoxy groups -OCH3 is 1. The molecule has 0 unspecified atom stereocenters. The first-order chi connectivity index (χ1) is 11.3. The Bertz CT molecular complexity index is 831. The topological polar surface area (TPSA) is 82.8 Å². The van der Waals surface area contributed by atoms with Crippen molar-refractivity contribution in [3.63, 3.8) is 0 Å². The Morgan fingerprint density at radius 2 is 1.92 bits per heavy atom. The lowest BCUT2D eigenvalue weighted by Gasteiger charge is -2.13. The molecule has 1 heterocycles. The average molecular weight is 332 g/mol. The maximum atomic E-state index is 11.9. The summed E-state index contributed by atoms with van der Waals surface area (Å²) in [7, 11) is 1.32. The van der Waals surface area contributed by atoms with Crippen LogP contribution in [0.1, 0.15) is 31.4 Å². The summed E-state index contributed by atoms with van der Waals surface area (Å²) in [4.78, 5) is 34.9. The quantitative estimate of drug-likeness (QED) is 0.476. The van der Waals surface area contributed by atoms with Gasteiger partial charge in [0.15, 0.2) is 0 Å². The number of benzene rings is 1. The zero-order valence-electron chi connectivity index (χ0n) is 14.2. The lowest BCUT2D eigenvalue weighted by molar-refractivity contribution is -0.140. The van der Waals surface area contributed by atoms with Crippen LogP contribution < -0.4 is 10.4 Å². The van der Waals surface area contributed by atoms with Gasteiger partial charge < -0.3 is 13.9 Å². The second-order valence-electron chi connectivity index (χ2n) is 5.86. The number of esters is 2. The van der Waals surface area contributed by atoms with Crippen LogP contribution >= 0.6 is 0 Å². The SMILES string of the molecule is COC(=O)CCc1cc2c(C)cc(=O)oc2cc1OC(=O)C(C)C. The summed E-state index contributed by atoms with van der Waals surface area (Å²) >= 11 is 0. The van der Waals surface area contributed by atoms with Crippen LogP contribution in [0.25, 0.3) is 11.0 Å². The average Bonchev–Trinajstić information content (AvgIpc) is 2.52. The third kappa shape index (κ3) is 4.01. The van der Waals surface area contributed by atoms with E-state index in [0.717, 1.165) is 10.9 Å². The van der Waals surface area contributed by atoms with Gasteiger partial charge in [-0.3, -0.25) is 9.59 Å². The largest absolute Gasteiger partial charge is 0.469 e. The molecule has 6 nitrogen and oxygen atoms in total. The molecular formula is C18H20O6. The number of hydrogen-bond acceptors (Lipinski definition) is 6. The summed E-state index contributed by atoms with van der Waals surface area (Å²) in [6, 6.07) is 4.70. The predicted octanol–water partition coefficient (Wildman–Crippen LogP) is 2.77. The molecule has 0 radical (unpaired) electrons. The first-order valence-corrected chi connectivity index (χ1v) is 7.67. The van der Waals surface area contributed by atoms with Gasteiger partial charge in [0.05, 0.1) is 13.0 Å². The molecule has 1 aromatic heterocycles. The van der Waals surface area contributed by atoms with Crippen molar-refractivity contribution < 1.29 is 23.5 Å². The van der Waals surface area contributed by atoms with E-state index < -0.39 is 11.6 Å². The third-order valence-electron chi connectivity index (χ3n) is 3.64. The van der Waals surface area contributed by atoms with Crippen molar-refractivity contribution in [3.05, 3.63) is 39.7 Å². The van der Waals surface area contributed by atoms with E-state index in [9.17, 15) is 14.4 Å². The highest BCUT2D eigenvalue weighted by Crippen LogP contribution is 2.29. The van der Waals surface area contributed by atoms with Crippen molar-refractivity contribution in [2.75, 3.05) is 7.11 Å². The summed E-state index contributed by atoms with van der Waals surface area (Å²) in [5.41, 5.74) is 1.30. The molecule has 128 valence electrons. The second kappa shape index (κ2) is 7.29. The monoisotopic (exact) mass is 332 g/mol. The Morgan fingerprint density at radius 3 is 2.54 bits per heavy atom. The van der Waals surface area contributed by atoms with E-state index in [1.807, 2.05) is 0 Å². The fourth-order valence-corrected chi connectivity index (χ4v) is 2.25. The van der Waals surface area contributed by atoms with Crippen molar-refractivity contribution in [2.45, 2.75) is 33.6 Å². The second-order valence-corrected chi connectivity index (χ2v) is 5.86. The minimum atomic E-state index is -0.469. The number of aryl methyl sites for hydroxylation is 2.